The van der Waals surface area contributed by atoms with Gasteiger partial charge >= 0.3 is 0 Å². The monoisotopic (exact) mass is 657 g/mol. The molecule has 11 nitrogen and oxygen atoms in total. The summed E-state index contributed by atoms with van der Waals surface area (Å²) in [4.78, 5) is 61.1. The molecule has 5 rings (SSSR count). The fourth-order valence-corrected chi connectivity index (χ4v) is 6.90. The predicted octanol–water partition coefficient (Wildman–Crippen LogP) is 3.83. The van der Waals surface area contributed by atoms with Crippen molar-refractivity contribution in [2.24, 2.45) is 17.8 Å². The lowest BCUT2D eigenvalue weighted by molar-refractivity contribution is -0.133. The topological polar surface area (TPSA) is 133 Å². The minimum atomic E-state index is -0.722. The number of piperidine rings is 1. The third kappa shape index (κ3) is 8.00. The Hall–Kier alpha value is -4.80. The molecule has 2 aliphatic heterocycles. The van der Waals surface area contributed by atoms with E-state index in [1.807, 2.05) is 57.2 Å². The maximum absolute atomic E-state index is 14.1. The molecule has 0 radical (unpaired) electrons. The van der Waals surface area contributed by atoms with E-state index in [2.05, 4.69) is 15.6 Å². The first-order chi connectivity index (χ1) is 23.1. The van der Waals surface area contributed by atoms with Gasteiger partial charge in [0.05, 0.1) is 19.1 Å². The Kier molecular flexibility index (Phi) is 11.1. The number of likely N-dealkylation sites (tertiary alicyclic amines) is 2. The minimum absolute atomic E-state index is 0.0577. The van der Waals surface area contributed by atoms with Gasteiger partial charge in [-0.15, -0.1) is 0 Å². The molecule has 256 valence electrons. The summed E-state index contributed by atoms with van der Waals surface area (Å²) in [6, 6.07) is 18.0. The number of benzene rings is 2. The summed E-state index contributed by atoms with van der Waals surface area (Å²) in [7, 11) is 3.10. The van der Waals surface area contributed by atoms with Crippen LogP contribution in [0.25, 0.3) is 0 Å². The van der Waals surface area contributed by atoms with E-state index in [1.165, 1.54) is 12.7 Å². The largest absolute Gasteiger partial charge is 0.493 e. The smallest absolute Gasteiger partial charge is 0.270 e. The van der Waals surface area contributed by atoms with Crippen LogP contribution in [0.2, 0.25) is 0 Å². The third-order valence-corrected chi connectivity index (χ3v) is 9.31. The zero-order valence-corrected chi connectivity index (χ0v) is 28.5. The summed E-state index contributed by atoms with van der Waals surface area (Å²) >= 11 is 0. The number of fused-ring (bicyclic) bond motifs is 1. The number of aromatic amines is 1. The van der Waals surface area contributed by atoms with E-state index in [9.17, 15) is 19.2 Å². The van der Waals surface area contributed by atoms with Crippen molar-refractivity contribution in [3.05, 3.63) is 83.2 Å². The van der Waals surface area contributed by atoms with Crippen LogP contribution in [0.1, 0.15) is 58.8 Å². The number of nitrogens with one attached hydrogen (secondary N) is 3. The molecule has 0 bridgehead atoms. The van der Waals surface area contributed by atoms with Crippen LogP contribution < -0.4 is 20.1 Å². The summed E-state index contributed by atoms with van der Waals surface area (Å²) < 4.78 is 11.3. The number of methoxy groups -OCH3 is 1. The Labute approximate surface area is 282 Å². The van der Waals surface area contributed by atoms with Crippen molar-refractivity contribution in [1.29, 1.82) is 0 Å². The SMILES string of the molecule is CNC(=O)[C@H](CCCc1ccccc1)NC(=O)C1CN(C(=O)c2ccc(C)[nH]2)CC2CN(C(=O)c3ccc(OC(C)C)c(OC)c3)CC21. The van der Waals surface area contributed by atoms with Gasteiger partial charge in [-0.25, -0.2) is 0 Å². The number of nitrogens with zero attached hydrogens (tertiary/aromatic N) is 2. The molecule has 4 atom stereocenters. The van der Waals surface area contributed by atoms with E-state index in [0.717, 1.165) is 12.1 Å². The number of amides is 4. The van der Waals surface area contributed by atoms with Crippen molar-refractivity contribution in [1.82, 2.24) is 25.4 Å². The molecule has 3 N–H and O–H groups in total. The molecule has 3 aromatic rings. The Morgan fingerprint density at radius 1 is 0.917 bits per heavy atom. The number of aryl methyl sites for hydroxylation is 2. The molecule has 4 amide bonds. The van der Waals surface area contributed by atoms with E-state index < -0.39 is 12.0 Å². The molecule has 1 aromatic heterocycles. The summed E-state index contributed by atoms with van der Waals surface area (Å²) in [5.41, 5.74) is 2.94. The molecule has 2 fully saturated rings. The number of H-pyrrole nitrogens is 1. The lowest BCUT2D eigenvalue weighted by atomic mass is 9.79. The highest BCUT2D eigenvalue weighted by Crippen LogP contribution is 2.37. The molecule has 48 heavy (non-hydrogen) atoms. The molecule has 2 saturated heterocycles. The number of carbonyl (C=O) groups is 4. The first kappa shape index (κ1) is 34.5. The Bertz CT molecular complexity index is 1600. The van der Waals surface area contributed by atoms with E-state index in [-0.39, 0.29) is 48.1 Å². The molecule has 0 aliphatic carbocycles. The molecule has 3 unspecified atom stereocenters. The average Bonchev–Trinajstić information content (AvgIpc) is 3.73. The van der Waals surface area contributed by atoms with Crippen LogP contribution in [0.5, 0.6) is 11.5 Å². The molecular formula is C37H47N5O6. The van der Waals surface area contributed by atoms with Crippen molar-refractivity contribution in [3.63, 3.8) is 0 Å². The van der Waals surface area contributed by atoms with Crippen LogP contribution in [-0.4, -0.2) is 90.9 Å². The normalized spacial score (nSPS) is 19.4. The molecule has 0 spiro atoms. The van der Waals surface area contributed by atoms with E-state index in [4.69, 9.17) is 9.47 Å². The van der Waals surface area contributed by atoms with Crippen molar-refractivity contribution in [3.8, 4) is 11.5 Å². The Morgan fingerprint density at radius 2 is 1.65 bits per heavy atom. The van der Waals surface area contributed by atoms with E-state index >= 15 is 0 Å². The lowest BCUT2D eigenvalue weighted by Gasteiger charge is -2.39. The van der Waals surface area contributed by atoms with Crippen LogP contribution >= 0.6 is 0 Å². The second-order valence-corrected chi connectivity index (χ2v) is 13.1. The van der Waals surface area contributed by atoms with Gasteiger partial charge in [0.25, 0.3) is 11.8 Å². The van der Waals surface area contributed by atoms with Gasteiger partial charge in [-0.1, -0.05) is 30.3 Å². The molecule has 11 heteroatoms. The Morgan fingerprint density at radius 3 is 2.29 bits per heavy atom. The van der Waals surface area contributed by atoms with Crippen LogP contribution in [0.3, 0.4) is 0 Å². The molecule has 2 aromatic carbocycles. The zero-order valence-electron chi connectivity index (χ0n) is 28.5. The van der Waals surface area contributed by atoms with Crippen molar-refractivity contribution in [2.75, 3.05) is 40.3 Å². The van der Waals surface area contributed by atoms with Gasteiger partial charge in [0.1, 0.15) is 11.7 Å². The second-order valence-electron chi connectivity index (χ2n) is 13.1. The summed E-state index contributed by atoms with van der Waals surface area (Å²) in [6.45, 7) is 7.07. The van der Waals surface area contributed by atoms with Gasteiger partial charge in [-0.3, -0.25) is 19.2 Å². The maximum atomic E-state index is 14.1. The highest BCUT2D eigenvalue weighted by molar-refractivity contribution is 5.96. The summed E-state index contributed by atoms with van der Waals surface area (Å²) in [5, 5.41) is 5.71. The van der Waals surface area contributed by atoms with E-state index in [1.54, 1.807) is 41.1 Å². The first-order valence-electron chi connectivity index (χ1n) is 16.7. The number of aromatic nitrogens is 1. The maximum Gasteiger partial charge on any atom is 0.270 e. The summed E-state index contributed by atoms with van der Waals surface area (Å²) in [6.07, 6.45) is 1.90. The lowest BCUT2D eigenvalue weighted by Crippen LogP contribution is -2.56. The van der Waals surface area contributed by atoms with Gasteiger partial charge in [0, 0.05) is 44.5 Å². The third-order valence-electron chi connectivity index (χ3n) is 9.31. The minimum Gasteiger partial charge on any atom is -0.493 e. The number of hydrogen-bond donors (Lipinski definition) is 3. The molecule has 3 heterocycles. The number of carbonyl (C=O) groups excluding carboxylic acids is 4. The molecule has 2 aliphatic rings. The fourth-order valence-electron chi connectivity index (χ4n) is 6.90. The average molecular weight is 658 g/mol. The quantitative estimate of drug-likeness (QED) is 0.271. The van der Waals surface area contributed by atoms with Gasteiger partial charge < -0.3 is 34.9 Å². The zero-order chi connectivity index (χ0) is 34.4. The summed E-state index contributed by atoms with van der Waals surface area (Å²) in [5.74, 6) is -0.832. The van der Waals surface area contributed by atoms with Crippen LogP contribution in [0.4, 0.5) is 0 Å². The predicted molar refractivity (Wildman–Crippen MR) is 182 cm³/mol. The van der Waals surface area contributed by atoms with Gasteiger partial charge in [-0.05, 0) is 87.8 Å². The number of hydrogen-bond acceptors (Lipinski definition) is 6. The van der Waals surface area contributed by atoms with Crippen LogP contribution in [-0.2, 0) is 16.0 Å². The number of rotatable bonds is 12. The van der Waals surface area contributed by atoms with E-state index in [0.29, 0.717) is 55.2 Å². The van der Waals surface area contributed by atoms with Gasteiger partial charge in [0.2, 0.25) is 11.8 Å². The number of ether oxygens (including phenoxy) is 2. The standard InChI is InChI=1S/C37H47N5O6/c1-23(2)48-32-17-15-26(18-33(32)47-5)36(45)41-19-27-20-42(37(46)31-16-14-24(3)39-31)22-29(28(27)21-41)34(43)40-30(35(44)38-4)13-9-12-25-10-7-6-8-11-25/h6-8,10-11,14-18,23,27-30,39H,9,12-13,19-22H2,1-5H3,(H,38,44)(H,40,43)/t27?,28?,29?,30-/m0/s1. The molecule has 0 saturated carbocycles. The Balaban J connectivity index is 1.35. The molecular weight excluding hydrogens is 610 g/mol. The second kappa shape index (κ2) is 15.4. The van der Waals surface area contributed by atoms with Crippen molar-refractivity contribution in [2.45, 2.75) is 52.2 Å². The highest BCUT2D eigenvalue weighted by atomic mass is 16.5. The van der Waals surface area contributed by atoms with Gasteiger partial charge in [0.15, 0.2) is 11.5 Å². The van der Waals surface area contributed by atoms with Crippen LogP contribution in [0, 0.1) is 24.7 Å². The van der Waals surface area contributed by atoms with Gasteiger partial charge in [-0.2, -0.15) is 0 Å². The first-order valence-corrected chi connectivity index (χ1v) is 16.7. The van der Waals surface area contributed by atoms with Crippen LogP contribution in [0.15, 0.2) is 60.7 Å². The van der Waals surface area contributed by atoms with Crippen molar-refractivity contribution < 1.29 is 28.7 Å². The fraction of sp³-hybridized carbons (Fsp3) is 0.459. The highest BCUT2D eigenvalue weighted by Gasteiger charge is 2.48. The van der Waals surface area contributed by atoms with Crippen molar-refractivity contribution >= 4 is 23.6 Å². The number of likely N-dealkylation sites (N-methyl/N-ethyl adjacent to an activating group) is 1.